The molecule has 1 aromatic rings. The number of rotatable bonds is 7. The lowest BCUT2D eigenvalue weighted by molar-refractivity contribution is -0.137. The van der Waals surface area contributed by atoms with E-state index < -0.39 is 5.97 Å². The number of aliphatic carboxylic acids is 1. The molecule has 0 bridgehead atoms. The second-order valence-electron chi connectivity index (χ2n) is 3.47. The van der Waals surface area contributed by atoms with Crippen molar-refractivity contribution in [3.05, 3.63) is 12.4 Å². The lowest BCUT2D eigenvalue weighted by atomic mass is 10.2. The van der Waals surface area contributed by atoms with Crippen molar-refractivity contribution in [2.24, 2.45) is 0 Å². The number of carboxylic acids is 1. The van der Waals surface area contributed by atoms with Gasteiger partial charge in [0.25, 0.3) is 0 Å². The fourth-order valence-electron chi connectivity index (χ4n) is 1.28. The van der Waals surface area contributed by atoms with E-state index in [-0.39, 0.29) is 12.5 Å². The van der Waals surface area contributed by atoms with E-state index in [2.05, 4.69) is 15.6 Å². The van der Waals surface area contributed by atoms with Crippen molar-refractivity contribution >= 4 is 5.97 Å². The van der Waals surface area contributed by atoms with Crippen LogP contribution in [0.2, 0.25) is 0 Å². The third-order valence-electron chi connectivity index (χ3n) is 2.01. The quantitative estimate of drug-likeness (QED) is 0.627. The average molecular weight is 212 g/mol. The van der Waals surface area contributed by atoms with Gasteiger partial charge in [-0.15, -0.1) is 5.10 Å². The molecule has 0 spiro atoms. The molecule has 1 heterocycles. The highest BCUT2D eigenvalue weighted by molar-refractivity contribution is 5.67. The molecule has 2 N–H and O–H groups in total. The Morgan fingerprint density at radius 1 is 1.67 bits per heavy atom. The van der Waals surface area contributed by atoms with Gasteiger partial charge >= 0.3 is 5.97 Å². The van der Waals surface area contributed by atoms with Crippen molar-refractivity contribution in [2.75, 3.05) is 6.54 Å². The van der Waals surface area contributed by atoms with Crippen molar-refractivity contribution in [3.63, 3.8) is 0 Å². The summed E-state index contributed by atoms with van der Waals surface area (Å²) in [5.74, 6) is -0.772. The summed E-state index contributed by atoms with van der Waals surface area (Å²) in [6, 6.07) is 0.0123. The number of hydrogen-bond donors (Lipinski definition) is 2. The van der Waals surface area contributed by atoms with Gasteiger partial charge in [0, 0.05) is 18.8 Å². The molecule has 0 saturated heterocycles. The molecule has 84 valence electrons. The zero-order valence-electron chi connectivity index (χ0n) is 8.76. The maximum atomic E-state index is 10.4. The maximum absolute atomic E-state index is 10.4. The molecule has 1 atom stereocenters. The molecule has 6 nitrogen and oxygen atoms in total. The van der Waals surface area contributed by atoms with Crippen LogP contribution in [0.15, 0.2) is 12.4 Å². The molecule has 0 saturated carbocycles. The van der Waals surface area contributed by atoms with Gasteiger partial charge in [-0.25, -0.2) is 0 Å². The van der Waals surface area contributed by atoms with Crippen LogP contribution in [0, 0.1) is 0 Å². The molecule has 0 aliphatic carbocycles. The van der Waals surface area contributed by atoms with Crippen LogP contribution in [-0.2, 0) is 11.3 Å². The zero-order chi connectivity index (χ0) is 11.1. The molecular formula is C9H16N4O2. The fourth-order valence-corrected chi connectivity index (χ4v) is 1.28. The third kappa shape index (κ3) is 5.11. The van der Waals surface area contributed by atoms with E-state index in [1.807, 2.05) is 6.92 Å². The Kier molecular flexibility index (Phi) is 4.76. The molecule has 1 aromatic heterocycles. The van der Waals surface area contributed by atoms with E-state index >= 15 is 0 Å². The second-order valence-corrected chi connectivity index (χ2v) is 3.47. The highest BCUT2D eigenvalue weighted by Crippen LogP contribution is 1.91. The molecule has 15 heavy (non-hydrogen) atoms. The van der Waals surface area contributed by atoms with Crippen LogP contribution in [0.1, 0.15) is 19.8 Å². The predicted molar refractivity (Wildman–Crippen MR) is 54.4 cm³/mol. The van der Waals surface area contributed by atoms with Crippen molar-refractivity contribution in [1.82, 2.24) is 20.3 Å². The Hall–Kier alpha value is -1.43. The standard InChI is InChI=1S/C9H16N4O2/c1-8(7-9(14)15)10-3-2-5-13-6-4-11-12-13/h4,6,8,10H,2-3,5,7H2,1H3,(H,14,15). The SMILES string of the molecule is CC(CC(=O)O)NCCCn1ccnn1. The van der Waals surface area contributed by atoms with E-state index in [1.54, 1.807) is 17.1 Å². The smallest absolute Gasteiger partial charge is 0.304 e. The fraction of sp³-hybridized carbons (Fsp3) is 0.667. The van der Waals surface area contributed by atoms with Crippen molar-refractivity contribution in [3.8, 4) is 0 Å². The number of carboxylic acid groups (broad SMARTS) is 1. The topological polar surface area (TPSA) is 80.0 Å². The lowest BCUT2D eigenvalue weighted by Gasteiger charge is -2.10. The number of nitrogens with one attached hydrogen (secondary N) is 1. The molecule has 0 amide bonds. The first kappa shape index (κ1) is 11.6. The highest BCUT2D eigenvalue weighted by Gasteiger charge is 2.05. The number of aryl methyl sites for hydroxylation is 1. The van der Waals surface area contributed by atoms with E-state index in [9.17, 15) is 4.79 Å². The minimum absolute atomic E-state index is 0.0123. The monoisotopic (exact) mass is 212 g/mol. The lowest BCUT2D eigenvalue weighted by Crippen LogP contribution is -2.29. The Labute approximate surface area is 88.3 Å². The molecule has 1 unspecified atom stereocenters. The summed E-state index contributed by atoms with van der Waals surface area (Å²) in [4.78, 5) is 10.4. The zero-order valence-corrected chi connectivity index (χ0v) is 8.76. The molecule has 0 radical (unpaired) electrons. The summed E-state index contributed by atoms with van der Waals surface area (Å²) in [5.41, 5.74) is 0. The predicted octanol–water partition coefficient (Wildman–Crippen LogP) is 0.121. The van der Waals surface area contributed by atoms with Crippen molar-refractivity contribution in [2.45, 2.75) is 32.4 Å². The first-order valence-electron chi connectivity index (χ1n) is 4.98. The normalized spacial score (nSPS) is 12.6. The summed E-state index contributed by atoms with van der Waals surface area (Å²) in [7, 11) is 0. The van der Waals surface area contributed by atoms with Crippen LogP contribution in [-0.4, -0.2) is 38.7 Å². The van der Waals surface area contributed by atoms with Crippen LogP contribution in [0.4, 0.5) is 0 Å². The average Bonchev–Trinajstić information content (AvgIpc) is 2.63. The molecule has 0 aliphatic rings. The molecule has 0 aromatic carbocycles. The van der Waals surface area contributed by atoms with E-state index in [1.165, 1.54) is 0 Å². The molecule has 1 rings (SSSR count). The van der Waals surface area contributed by atoms with Crippen LogP contribution < -0.4 is 5.32 Å². The number of nitrogens with zero attached hydrogens (tertiary/aromatic N) is 3. The third-order valence-corrected chi connectivity index (χ3v) is 2.01. The molecule has 6 heteroatoms. The summed E-state index contributed by atoms with van der Waals surface area (Å²) in [6.07, 6.45) is 4.51. The first-order chi connectivity index (χ1) is 7.18. The van der Waals surface area contributed by atoms with Gasteiger partial charge < -0.3 is 10.4 Å². The van der Waals surface area contributed by atoms with E-state index in [0.717, 1.165) is 19.5 Å². The van der Waals surface area contributed by atoms with Crippen LogP contribution in [0.25, 0.3) is 0 Å². The van der Waals surface area contributed by atoms with Crippen molar-refractivity contribution < 1.29 is 9.90 Å². The largest absolute Gasteiger partial charge is 0.481 e. The highest BCUT2D eigenvalue weighted by atomic mass is 16.4. The number of carbonyl (C=O) groups is 1. The molecular weight excluding hydrogens is 196 g/mol. The van der Waals surface area contributed by atoms with E-state index in [4.69, 9.17) is 5.11 Å². The van der Waals surface area contributed by atoms with Gasteiger partial charge in [-0.05, 0) is 19.9 Å². The second kappa shape index (κ2) is 6.13. The van der Waals surface area contributed by atoms with Crippen LogP contribution in [0.5, 0.6) is 0 Å². The summed E-state index contributed by atoms with van der Waals surface area (Å²) < 4.78 is 1.75. The van der Waals surface area contributed by atoms with Gasteiger partial charge in [-0.1, -0.05) is 5.21 Å². The maximum Gasteiger partial charge on any atom is 0.304 e. The van der Waals surface area contributed by atoms with Crippen molar-refractivity contribution in [1.29, 1.82) is 0 Å². The van der Waals surface area contributed by atoms with Gasteiger partial charge in [-0.3, -0.25) is 9.48 Å². The Morgan fingerprint density at radius 3 is 3.07 bits per heavy atom. The summed E-state index contributed by atoms with van der Waals surface area (Å²) in [5, 5.41) is 19.2. The Balaban J connectivity index is 2.04. The molecule has 0 fully saturated rings. The minimum Gasteiger partial charge on any atom is -0.481 e. The van der Waals surface area contributed by atoms with Gasteiger partial charge in [0.15, 0.2) is 0 Å². The van der Waals surface area contributed by atoms with Gasteiger partial charge in [0.1, 0.15) is 0 Å². The molecule has 0 aliphatic heterocycles. The Morgan fingerprint density at radius 2 is 2.47 bits per heavy atom. The Bertz CT molecular complexity index is 286. The summed E-state index contributed by atoms with van der Waals surface area (Å²) >= 11 is 0. The first-order valence-corrected chi connectivity index (χ1v) is 4.98. The van der Waals surface area contributed by atoms with Crippen LogP contribution in [0.3, 0.4) is 0 Å². The van der Waals surface area contributed by atoms with Gasteiger partial charge in [0.2, 0.25) is 0 Å². The van der Waals surface area contributed by atoms with Crippen LogP contribution >= 0.6 is 0 Å². The van der Waals surface area contributed by atoms with E-state index in [0.29, 0.717) is 0 Å². The number of hydrogen-bond acceptors (Lipinski definition) is 4. The summed E-state index contributed by atoms with van der Waals surface area (Å²) in [6.45, 7) is 3.45. The number of aromatic nitrogens is 3. The van der Waals surface area contributed by atoms with Gasteiger partial charge in [0.05, 0.1) is 12.6 Å². The van der Waals surface area contributed by atoms with Gasteiger partial charge in [-0.2, -0.15) is 0 Å². The minimum atomic E-state index is -0.772.